The lowest BCUT2D eigenvalue weighted by molar-refractivity contribution is -0.106. The predicted octanol–water partition coefficient (Wildman–Crippen LogP) is 3.38. The number of Topliss-reactive ketones (excluding diaryl/α,β-unsaturated/α-hetero) is 1. The number of carbonyl (C=O) groups is 2. The Labute approximate surface area is 143 Å². The Morgan fingerprint density at radius 3 is 2.21 bits per heavy atom. The third-order valence-corrected chi connectivity index (χ3v) is 4.68. The maximum Gasteiger partial charge on any atom is 0.230 e. The summed E-state index contributed by atoms with van der Waals surface area (Å²) in [5.41, 5.74) is 1.42. The SMILES string of the molecule is COC(OC)c1ccccc1C(=O)S(=N)CC(=O)c1ccccc1. The van der Waals surface area contributed by atoms with E-state index in [0.717, 1.165) is 0 Å². The van der Waals surface area contributed by atoms with Crippen molar-refractivity contribution in [3.8, 4) is 0 Å². The molecule has 0 amide bonds. The predicted molar refractivity (Wildman–Crippen MR) is 93.3 cm³/mol. The molecule has 2 aromatic rings. The molecule has 24 heavy (non-hydrogen) atoms. The third kappa shape index (κ3) is 4.23. The average Bonchev–Trinajstić information content (AvgIpc) is 2.63. The van der Waals surface area contributed by atoms with E-state index in [1.165, 1.54) is 14.2 Å². The summed E-state index contributed by atoms with van der Waals surface area (Å²) in [7, 11) is 1.49. The van der Waals surface area contributed by atoms with Crippen LogP contribution in [0.25, 0.3) is 0 Å². The molecule has 1 N–H and O–H groups in total. The number of hydrogen-bond acceptors (Lipinski definition) is 5. The van der Waals surface area contributed by atoms with Crippen LogP contribution in [0.3, 0.4) is 0 Å². The van der Waals surface area contributed by atoms with Gasteiger partial charge < -0.3 is 9.47 Å². The van der Waals surface area contributed by atoms with Crippen LogP contribution in [-0.4, -0.2) is 30.9 Å². The summed E-state index contributed by atoms with van der Waals surface area (Å²) in [6.07, 6.45) is -0.688. The van der Waals surface area contributed by atoms with Crippen LogP contribution in [0.1, 0.15) is 32.6 Å². The van der Waals surface area contributed by atoms with E-state index in [4.69, 9.17) is 14.3 Å². The van der Waals surface area contributed by atoms with Crippen LogP contribution in [0, 0.1) is 4.78 Å². The van der Waals surface area contributed by atoms with Gasteiger partial charge in [0.25, 0.3) is 0 Å². The minimum absolute atomic E-state index is 0.137. The van der Waals surface area contributed by atoms with Crippen LogP contribution in [0.15, 0.2) is 54.6 Å². The van der Waals surface area contributed by atoms with Crippen LogP contribution >= 0.6 is 0 Å². The fourth-order valence-electron chi connectivity index (χ4n) is 2.28. The molecule has 0 saturated carbocycles. The number of benzene rings is 2. The molecule has 0 saturated heterocycles. The van der Waals surface area contributed by atoms with Gasteiger partial charge in [-0.1, -0.05) is 48.5 Å². The van der Waals surface area contributed by atoms with Crippen molar-refractivity contribution in [2.24, 2.45) is 0 Å². The molecule has 1 atom stereocenters. The van der Waals surface area contributed by atoms with E-state index in [0.29, 0.717) is 16.7 Å². The van der Waals surface area contributed by atoms with Crippen molar-refractivity contribution >= 4 is 21.6 Å². The highest BCUT2D eigenvalue weighted by atomic mass is 32.2. The van der Waals surface area contributed by atoms with Crippen LogP contribution in [0.5, 0.6) is 0 Å². The van der Waals surface area contributed by atoms with Crippen LogP contribution < -0.4 is 0 Å². The van der Waals surface area contributed by atoms with E-state index in [2.05, 4.69) is 0 Å². The highest BCUT2D eigenvalue weighted by Crippen LogP contribution is 2.23. The van der Waals surface area contributed by atoms with Gasteiger partial charge in [-0.3, -0.25) is 14.4 Å². The Bertz CT molecular complexity index is 742. The monoisotopic (exact) mass is 345 g/mol. The molecular formula is C18H19NO4S. The van der Waals surface area contributed by atoms with Gasteiger partial charge in [0, 0.05) is 30.9 Å². The standard InChI is InChI=1S/C18H19NO4S/c1-22-18(23-2)15-11-7-6-10-14(15)17(21)24(19)12-16(20)13-8-4-3-5-9-13/h3-11,18-19H,12H2,1-2H3. The quantitative estimate of drug-likeness (QED) is 0.616. The van der Waals surface area contributed by atoms with E-state index in [1.54, 1.807) is 48.5 Å². The number of methoxy groups -OCH3 is 2. The summed E-state index contributed by atoms with van der Waals surface area (Å²) in [5, 5.41) is -0.394. The molecule has 2 rings (SSSR count). The number of nitrogens with one attached hydrogen (secondary N) is 1. The third-order valence-electron chi connectivity index (χ3n) is 3.46. The van der Waals surface area contributed by atoms with E-state index >= 15 is 0 Å². The van der Waals surface area contributed by atoms with Gasteiger partial charge in [-0.05, 0) is 16.8 Å². The molecule has 0 heterocycles. The van der Waals surface area contributed by atoms with Crippen molar-refractivity contribution in [3.05, 3.63) is 71.3 Å². The van der Waals surface area contributed by atoms with Gasteiger partial charge in [0.1, 0.15) is 0 Å². The van der Waals surface area contributed by atoms with E-state index in [-0.39, 0.29) is 11.5 Å². The smallest absolute Gasteiger partial charge is 0.230 e. The second-order valence-corrected chi connectivity index (χ2v) is 6.44. The second-order valence-electron chi connectivity index (χ2n) is 5.00. The number of ketones is 1. The summed E-state index contributed by atoms with van der Waals surface area (Å²) in [6, 6.07) is 15.5. The fourth-order valence-corrected chi connectivity index (χ4v) is 3.29. The van der Waals surface area contributed by atoms with Crippen molar-refractivity contribution in [1.82, 2.24) is 0 Å². The van der Waals surface area contributed by atoms with Crippen LogP contribution in [-0.2, 0) is 20.2 Å². The van der Waals surface area contributed by atoms with Gasteiger partial charge in [0.15, 0.2) is 12.1 Å². The summed E-state index contributed by atoms with van der Waals surface area (Å²) in [4.78, 5) is 24.8. The maximum absolute atomic E-state index is 12.6. The number of carbonyl (C=O) groups excluding carboxylic acids is 2. The largest absolute Gasteiger partial charge is 0.352 e. The lowest BCUT2D eigenvalue weighted by Crippen LogP contribution is -2.19. The van der Waals surface area contributed by atoms with Crippen molar-refractivity contribution in [2.75, 3.05) is 20.0 Å². The second kappa shape index (κ2) is 8.63. The molecule has 0 fully saturated rings. The number of hydrogen-bond donors (Lipinski definition) is 1. The fraction of sp³-hybridized carbons (Fsp3) is 0.222. The van der Waals surface area contributed by atoms with Gasteiger partial charge in [0.2, 0.25) is 5.12 Å². The first kappa shape index (κ1) is 18.2. The molecule has 5 nitrogen and oxygen atoms in total. The minimum atomic E-state index is -1.48. The van der Waals surface area contributed by atoms with Crippen LogP contribution in [0.4, 0.5) is 0 Å². The zero-order chi connectivity index (χ0) is 17.5. The molecule has 2 aromatic carbocycles. The zero-order valence-corrected chi connectivity index (χ0v) is 14.3. The molecular weight excluding hydrogens is 326 g/mol. The maximum atomic E-state index is 12.6. The Morgan fingerprint density at radius 2 is 1.58 bits per heavy atom. The van der Waals surface area contributed by atoms with Crippen molar-refractivity contribution < 1.29 is 19.1 Å². The molecule has 0 aromatic heterocycles. The zero-order valence-electron chi connectivity index (χ0n) is 13.5. The first-order valence-electron chi connectivity index (χ1n) is 7.27. The highest BCUT2D eigenvalue weighted by Gasteiger charge is 2.22. The average molecular weight is 345 g/mol. The Morgan fingerprint density at radius 1 is 1.00 bits per heavy atom. The number of ether oxygens (including phenoxy) is 2. The summed E-state index contributed by atoms with van der Waals surface area (Å²) in [5.74, 6) is -0.350. The normalized spacial score (nSPS) is 12.1. The van der Waals surface area contributed by atoms with Gasteiger partial charge >= 0.3 is 0 Å². The topological polar surface area (TPSA) is 76.5 Å². The van der Waals surface area contributed by atoms with Crippen molar-refractivity contribution in [2.45, 2.75) is 6.29 Å². The first-order chi connectivity index (χ1) is 11.6. The molecule has 0 radical (unpaired) electrons. The minimum Gasteiger partial charge on any atom is -0.352 e. The molecule has 0 aliphatic heterocycles. The van der Waals surface area contributed by atoms with Gasteiger partial charge in [-0.15, -0.1) is 0 Å². The van der Waals surface area contributed by atoms with E-state index in [9.17, 15) is 9.59 Å². The molecule has 0 aliphatic rings. The highest BCUT2D eigenvalue weighted by molar-refractivity contribution is 8.02. The summed E-state index contributed by atoms with van der Waals surface area (Å²) in [6.45, 7) is 0. The number of rotatable bonds is 7. The van der Waals surface area contributed by atoms with Crippen LogP contribution in [0.2, 0.25) is 0 Å². The van der Waals surface area contributed by atoms with Gasteiger partial charge in [-0.2, -0.15) is 0 Å². The van der Waals surface area contributed by atoms with Crippen molar-refractivity contribution in [1.29, 1.82) is 4.78 Å². The summed E-state index contributed by atoms with van der Waals surface area (Å²) >= 11 is 0. The molecule has 126 valence electrons. The van der Waals surface area contributed by atoms with Crippen molar-refractivity contribution in [3.63, 3.8) is 0 Å². The van der Waals surface area contributed by atoms with Gasteiger partial charge in [-0.25, -0.2) is 0 Å². The lowest BCUT2D eigenvalue weighted by Gasteiger charge is -2.17. The summed E-state index contributed by atoms with van der Waals surface area (Å²) < 4.78 is 18.5. The molecule has 0 bridgehead atoms. The molecule has 6 heteroatoms. The van der Waals surface area contributed by atoms with E-state index < -0.39 is 22.1 Å². The Hall–Kier alpha value is -2.15. The molecule has 0 aliphatic carbocycles. The Kier molecular flexibility index (Phi) is 6.54. The molecule has 1 unspecified atom stereocenters. The lowest BCUT2D eigenvalue weighted by atomic mass is 10.1. The first-order valence-corrected chi connectivity index (χ1v) is 8.67. The Balaban J connectivity index is 2.20. The van der Waals surface area contributed by atoms with Gasteiger partial charge in [0.05, 0.1) is 5.75 Å². The molecule has 0 spiro atoms. The van der Waals surface area contributed by atoms with E-state index in [1.807, 2.05) is 6.07 Å².